The summed E-state index contributed by atoms with van der Waals surface area (Å²) in [4.78, 5) is 24.5. The van der Waals surface area contributed by atoms with Gasteiger partial charge < -0.3 is 5.32 Å². The number of nitrogens with one attached hydrogen (secondary N) is 1. The van der Waals surface area contributed by atoms with Crippen molar-refractivity contribution in [3.63, 3.8) is 0 Å². The lowest BCUT2D eigenvalue weighted by atomic mass is 9.93. The molecule has 142 valence electrons. The number of benzene rings is 1. The van der Waals surface area contributed by atoms with E-state index in [1.54, 1.807) is 24.3 Å². The van der Waals surface area contributed by atoms with Gasteiger partial charge in [0.2, 0.25) is 5.78 Å². The van der Waals surface area contributed by atoms with Crippen LogP contribution in [-0.4, -0.2) is 18.1 Å². The van der Waals surface area contributed by atoms with Crippen molar-refractivity contribution in [1.29, 1.82) is 0 Å². The molecule has 1 aromatic rings. The monoisotopic (exact) mass is 355 g/mol. The van der Waals surface area contributed by atoms with Crippen molar-refractivity contribution in [2.75, 3.05) is 6.54 Å². The van der Waals surface area contributed by atoms with Crippen LogP contribution >= 0.6 is 0 Å². The summed E-state index contributed by atoms with van der Waals surface area (Å²) in [5.41, 5.74) is 1.47. The normalized spacial score (nSPS) is 13.5. The lowest BCUT2D eigenvalue weighted by Crippen LogP contribution is -2.27. The van der Waals surface area contributed by atoms with Crippen molar-refractivity contribution in [1.82, 2.24) is 5.32 Å². The van der Waals surface area contributed by atoms with Gasteiger partial charge in [-0.25, -0.2) is 0 Å². The SMILES string of the molecule is CCCCCCCCCCCCCNC1=CC(=O)c2ccccc2C1=O. The molecule has 1 aliphatic rings. The molecule has 0 spiro atoms. The lowest BCUT2D eigenvalue weighted by molar-refractivity contribution is 0.0978. The minimum atomic E-state index is -0.0818. The van der Waals surface area contributed by atoms with Crippen molar-refractivity contribution >= 4 is 11.6 Å². The summed E-state index contributed by atoms with van der Waals surface area (Å²) in [5.74, 6) is -0.148. The smallest absolute Gasteiger partial charge is 0.209 e. The highest BCUT2D eigenvalue weighted by Crippen LogP contribution is 2.19. The molecule has 0 unspecified atom stereocenters. The van der Waals surface area contributed by atoms with Gasteiger partial charge in [-0.15, -0.1) is 0 Å². The molecule has 0 fully saturated rings. The van der Waals surface area contributed by atoms with Crippen molar-refractivity contribution in [3.05, 3.63) is 47.2 Å². The summed E-state index contributed by atoms with van der Waals surface area (Å²) < 4.78 is 0. The van der Waals surface area contributed by atoms with E-state index < -0.39 is 0 Å². The Kier molecular flexibility index (Phi) is 9.16. The largest absolute Gasteiger partial charge is 0.382 e. The Hall–Kier alpha value is -1.90. The number of allylic oxidation sites excluding steroid dienone is 2. The predicted octanol–water partition coefficient (Wildman–Crippen LogP) is 5.85. The second-order valence-electron chi connectivity index (χ2n) is 7.26. The molecule has 0 atom stereocenters. The molecule has 1 aliphatic carbocycles. The molecule has 0 aliphatic heterocycles. The first-order valence-electron chi connectivity index (χ1n) is 10.4. The highest BCUT2D eigenvalue weighted by atomic mass is 16.1. The van der Waals surface area contributed by atoms with Crippen LogP contribution in [0.2, 0.25) is 0 Å². The number of hydrogen-bond donors (Lipinski definition) is 1. The minimum absolute atomic E-state index is 0.0664. The molecule has 0 heterocycles. The fraction of sp³-hybridized carbons (Fsp3) is 0.565. The van der Waals surface area contributed by atoms with Gasteiger partial charge in [-0.3, -0.25) is 9.59 Å². The van der Waals surface area contributed by atoms with E-state index in [0.29, 0.717) is 16.8 Å². The lowest BCUT2D eigenvalue weighted by Gasteiger charge is -2.16. The molecular formula is C23H33NO2. The molecule has 26 heavy (non-hydrogen) atoms. The summed E-state index contributed by atoms with van der Waals surface area (Å²) in [6.45, 7) is 3.01. The number of fused-ring (bicyclic) bond motifs is 1. The van der Waals surface area contributed by atoms with Crippen LogP contribution in [0, 0.1) is 0 Å². The minimum Gasteiger partial charge on any atom is -0.382 e. The van der Waals surface area contributed by atoms with E-state index in [2.05, 4.69) is 12.2 Å². The average Bonchev–Trinajstić information content (AvgIpc) is 2.66. The van der Waals surface area contributed by atoms with Crippen LogP contribution in [0.5, 0.6) is 0 Å². The van der Waals surface area contributed by atoms with Crippen LogP contribution < -0.4 is 5.32 Å². The van der Waals surface area contributed by atoms with Gasteiger partial charge in [0.25, 0.3) is 0 Å². The first kappa shape index (κ1) is 20.4. The second-order valence-corrected chi connectivity index (χ2v) is 7.26. The molecule has 0 bridgehead atoms. The van der Waals surface area contributed by atoms with Crippen LogP contribution in [0.4, 0.5) is 0 Å². The highest BCUT2D eigenvalue weighted by Gasteiger charge is 2.24. The predicted molar refractivity (Wildman–Crippen MR) is 108 cm³/mol. The Labute approximate surface area is 158 Å². The summed E-state index contributed by atoms with van der Waals surface area (Å²) in [7, 11) is 0. The van der Waals surface area contributed by atoms with E-state index in [9.17, 15) is 9.59 Å². The Morgan fingerprint density at radius 2 is 1.27 bits per heavy atom. The van der Waals surface area contributed by atoms with Gasteiger partial charge in [0, 0.05) is 23.7 Å². The van der Waals surface area contributed by atoms with Gasteiger partial charge in [0.15, 0.2) is 5.78 Å². The fourth-order valence-corrected chi connectivity index (χ4v) is 3.46. The molecule has 0 amide bonds. The van der Waals surface area contributed by atoms with Crippen LogP contribution in [0.3, 0.4) is 0 Å². The van der Waals surface area contributed by atoms with Crippen molar-refractivity contribution < 1.29 is 9.59 Å². The third-order valence-corrected chi connectivity index (χ3v) is 5.05. The molecule has 0 saturated heterocycles. The number of carbonyl (C=O) groups excluding carboxylic acids is 2. The maximum atomic E-state index is 12.4. The van der Waals surface area contributed by atoms with E-state index in [4.69, 9.17) is 0 Å². The molecule has 0 aromatic heterocycles. The number of Topliss-reactive ketones (excluding diaryl/α,β-unsaturated/α-hetero) is 1. The Morgan fingerprint density at radius 1 is 0.731 bits per heavy atom. The van der Waals surface area contributed by atoms with Gasteiger partial charge in [-0.05, 0) is 6.42 Å². The molecular weight excluding hydrogens is 322 g/mol. The van der Waals surface area contributed by atoms with Crippen LogP contribution in [0.1, 0.15) is 98.3 Å². The molecule has 0 saturated carbocycles. The zero-order valence-corrected chi connectivity index (χ0v) is 16.2. The summed E-state index contributed by atoms with van der Waals surface area (Å²) >= 11 is 0. The van der Waals surface area contributed by atoms with E-state index in [0.717, 1.165) is 13.0 Å². The van der Waals surface area contributed by atoms with Crippen LogP contribution in [0.15, 0.2) is 36.0 Å². The van der Waals surface area contributed by atoms with E-state index >= 15 is 0 Å². The Morgan fingerprint density at radius 3 is 1.88 bits per heavy atom. The maximum absolute atomic E-state index is 12.4. The molecule has 1 N–H and O–H groups in total. The van der Waals surface area contributed by atoms with Gasteiger partial charge in [0.05, 0.1) is 5.70 Å². The zero-order chi connectivity index (χ0) is 18.6. The fourth-order valence-electron chi connectivity index (χ4n) is 3.46. The number of carbonyl (C=O) groups is 2. The molecule has 2 rings (SSSR count). The van der Waals surface area contributed by atoms with Crippen molar-refractivity contribution in [2.45, 2.75) is 77.6 Å². The van der Waals surface area contributed by atoms with Gasteiger partial charge >= 0.3 is 0 Å². The standard InChI is InChI=1S/C23H33NO2/c1-2-3-4-5-6-7-8-9-10-11-14-17-24-21-18-22(25)19-15-12-13-16-20(19)23(21)26/h12-13,15-16,18,24H,2-11,14,17H2,1H3. The summed E-state index contributed by atoms with van der Waals surface area (Å²) in [6.07, 6.45) is 15.8. The summed E-state index contributed by atoms with van der Waals surface area (Å²) in [5, 5.41) is 3.16. The second kappa shape index (κ2) is 11.7. The van der Waals surface area contributed by atoms with E-state index in [-0.39, 0.29) is 11.6 Å². The van der Waals surface area contributed by atoms with Crippen molar-refractivity contribution in [3.8, 4) is 0 Å². The Balaban J connectivity index is 1.54. The molecule has 0 radical (unpaired) electrons. The van der Waals surface area contributed by atoms with Gasteiger partial charge in [-0.1, -0.05) is 95.4 Å². The topological polar surface area (TPSA) is 46.2 Å². The van der Waals surface area contributed by atoms with Crippen molar-refractivity contribution in [2.24, 2.45) is 0 Å². The number of rotatable bonds is 13. The van der Waals surface area contributed by atoms with Gasteiger partial charge in [-0.2, -0.15) is 0 Å². The number of unbranched alkanes of at least 4 members (excludes halogenated alkanes) is 10. The quantitative estimate of drug-likeness (QED) is 0.451. The molecule has 1 aromatic carbocycles. The van der Waals surface area contributed by atoms with Crippen LogP contribution in [0.25, 0.3) is 0 Å². The summed E-state index contributed by atoms with van der Waals surface area (Å²) in [6, 6.07) is 7.04. The first-order chi connectivity index (χ1) is 12.7. The molecule has 3 nitrogen and oxygen atoms in total. The van der Waals surface area contributed by atoms with E-state index in [1.165, 1.54) is 70.3 Å². The van der Waals surface area contributed by atoms with E-state index in [1.807, 2.05) is 0 Å². The third kappa shape index (κ3) is 6.44. The number of hydrogen-bond acceptors (Lipinski definition) is 3. The Bertz CT molecular complexity index is 618. The first-order valence-corrected chi connectivity index (χ1v) is 10.4. The average molecular weight is 356 g/mol. The van der Waals surface area contributed by atoms with Gasteiger partial charge in [0.1, 0.15) is 0 Å². The third-order valence-electron chi connectivity index (χ3n) is 5.05. The number of ketones is 2. The van der Waals surface area contributed by atoms with Crippen LogP contribution in [-0.2, 0) is 0 Å². The molecule has 3 heteroatoms. The maximum Gasteiger partial charge on any atom is 0.209 e. The zero-order valence-electron chi connectivity index (χ0n) is 16.2. The highest BCUT2D eigenvalue weighted by molar-refractivity contribution is 6.24.